The molecule has 0 saturated carbocycles. The predicted molar refractivity (Wildman–Crippen MR) is 85.9 cm³/mol. The molecular formula is C17H30N2. The summed E-state index contributed by atoms with van der Waals surface area (Å²) in [7, 11) is 2.18. The van der Waals surface area contributed by atoms with E-state index in [2.05, 4.69) is 76.1 Å². The Balaban J connectivity index is 2.52. The van der Waals surface area contributed by atoms with Crippen molar-refractivity contribution in [2.24, 2.45) is 11.3 Å². The fraction of sp³-hybridized carbons (Fsp3) is 0.647. The van der Waals surface area contributed by atoms with Crippen LogP contribution in [0.1, 0.15) is 33.3 Å². The molecule has 0 bridgehead atoms. The van der Waals surface area contributed by atoms with Gasteiger partial charge in [0, 0.05) is 25.8 Å². The summed E-state index contributed by atoms with van der Waals surface area (Å²) in [6, 6.07) is 8.71. The molecule has 1 aromatic carbocycles. The first-order valence-corrected chi connectivity index (χ1v) is 7.29. The van der Waals surface area contributed by atoms with Crippen molar-refractivity contribution in [3.8, 4) is 0 Å². The monoisotopic (exact) mass is 262 g/mol. The molecule has 0 aliphatic carbocycles. The molecule has 0 atom stereocenters. The smallest absolute Gasteiger partial charge is 0.0366 e. The maximum atomic E-state index is 3.57. The lowest BCUT2D eigenvalue weighted by molar-refractivity contribution is 0.338. The predicted octanol–water partition coefficient (Wildman–Crippen LogP) is 3.70. The second kappa shape index (κ2) is 6.95. The van der Waals surface area contributed by atoms with Crippen LogP contribution in [0.2, 0.25) is 0 Å². The van der Waals surface area contributed by atoms with Crippen molar-refractivity contribution in [3.05, 3.63) is 29.8 Å². The third-order valence-electron chi connectivity index (χ3n) is 3.26. The number of nitrogens with zero attached hydrogens (tertiary/aromatic N) is 1. The van der Waals surface area contributed by atoms with Crippen LogP contribution in [-0.2, 0) is 0 Å². The van der Waals surface area contributed by atoms with E-state index in [0.29, 0.717) is 5.92 Å². The Kier molecular flexibility index (Phi) is 5.86. The van der Waals surface area contributed by atoms with Crippen LogP contribution in [0.5, 0.6) is 0 Å². The number of anilines is 1. The van der Waals surface area contributed by atoms with E-state index in [-0.39, 0.29) is 5.41 Å². The van der Waals surface area contributed by atoms with E-state index in [9.17, 15) is 0 Å². The second-order valence-corrected chi connectivity index (χ2v) is 6.88. The lowest BCUT2D eigenvalue weighted by atomic mass is 9.92. The van der Waals surface area contributed by atoms with Gasteiger partial charge in [-0.15, -0.1) is 0 Å². The van der Waals surface area contributed by atoms with E-state index < -0.39 is 0 Å². The molecule has 1 rings (SSSR count). The summed E-state index contributed by atoms with van der Waals surface area (Å²) in [5, 5.41) is 3.57. The normalized spacial score (nSPS) is 11.9. The van der Waals surface area contributed by atoms with Gasteiger partial charge in [0.25, 0.3) is 0 Å². The van der Waals surface area contributed by atoms with Crippen LogP contribution < -0.4 is 10.2 Å². The summed E-state index contributed by atoms with van der Waals surface area (Å²) < 4.78 is 0. The second-order valence-electron chi connectivity index (χ2n) is 6.88. The van der Waals surface area contributed by atoms with E-state index in [0.717, 1.165) is 19.6 Å². The number of benzene rings is 1. The summed E-state index contributed by atoms with van der Waals surface area (Å²) in [5.41, 5.74) is 2.89. The van der Waals surface area contributed by atoms with Gasteiger partial charge in [0.05, 0.1) is 0 Å². The molecule has 0 aliphatic rings. The highest BCUT2D eigenvalue weighted by molar-refractivity contribution is 5.47. The topological polar surface area (TPSA) is 15.3 Å². The third kappa shape index (κ3) is 6.11. The van der Waals surface area contributed by atoms with Crippen molar-refractivity contribution in [2.45, 2.75) is 34.6 Å². The molecule has 0 unspecified atom stereocenters. The molecule has 19 heavy (non-hydrogen) atoms. The maximum absolute atomic E-state index is 3.57. The molecular weight excluding hydrogens is 232 g/mol. The molecule has 108 valence electrons. The molecule has 0 heterocycles. The molecule has 1 aromatic rings. The summed E-state index contributed by atoms with van der Waals surface area (Å²) >= 11 is 0. The average molecular weight is 262 g/mol. The standard InChI is InChI=1S/C17H30N2/c1-14(2)11-18-12-17(4,5)13-19(6)16-9-7-8-15(3)10-16/h7-10,14,18H,11-13H2,1-6H3. The summed E-state index contributed by atoms with van der Waals surface area (Å²) in [6.07, 6.45) is 0. The maximum Gasteiger partial charge on any atom is 0.0366 e. The number of rotatable bonds is 7. The number of nitrogens with one attached hydrogen (secondary N) is 1. The van der Waals surface area contributed by atoms with E-state index in [1.54, 1.807) is 0 Å². The molecule has 0 saturated heterocycles. The van der Waals surface area contributed by atoms with E-state index >= 15 is 0 Å². The van der Waals surface area contributed by atoms with Gasteiger partial charge in [-0.1, -0.05) is 39.8 Å². The lowest BCUT2D eigenvalue weighted by Gasteiger charge is -2.32. The molecule has 1 N–H and O–H groups in total. The number of hydrogen-bond donors (Lipinski definition) is 1. The van der Waals surface area contributed by atoms with Crippen molar-refractivity contribution in [1.29, 1.82) is 0 Å². The van der Waals surface area contributed by atoms with E-state index in [1.165, 1.54) is 11.3 Å². The van der Waals surface area contributed by atoms with Crippen molar-refractivity contribution in [3.63, 3.8) is 0 Å². The van der Waals surface area contributed by atoms with Crippen LogP contribution in [0.4, 0.5) is 5.69 Å². The van der Waals surface area contributed by atoms with Crippen LogP contribution in [0, 0.1) is 18.3 Å². The molecule has 0 spiro atoms. The molecule has 2 heteroatoms. The van der Waals surface area contributed by atoms with Gasteiger partial charge in [-0.25, -0.2) is 0 Å². The summed E-state index contributed by atoms with van der Waals surface area (Å²) in [5.74, 6) is 0.713. The van der Waals surface area contributed by atoms with Gasteiger partial charge >= 0.3 is 0 Å². The minimum atomic E-state index is 0.271. The zero-order valence-corrected chi connectivity index (χ0v) is 13.5. The number of hydrogen-bond acceptors (Lipinski definition) is 2. The highest BCUT2D eigenvalue weighted by Gasteiger charge is 2.20. The molecule has 2 nitrogen and oxygen atoms in total. The van der Waals surface area contributed by atoms with Crippen molar-refractivity contribution in [2.75, 3.05) is 31.6 Å². The van der Waals surface area contributed by atoms with E-state index in [4.69, 9.17) is 0 Å². The Hall–Kier alpha value is -1.02. The largest absolute Gasteiger partial charge is 0.374 e. The Morgan fingerprint density at radius 3 is 2.53 bits per heavy atom. The summed E-state index contributed by atoms with van der Waals surface area (Å²) in [4.78, 5) is 2.35. The van der Waals surface area contributed by atoms with Crippen LogP contribution in [-0.4, -0.2) is 26.7 Å². The van der Waals surface area contributed by atoms with Gasteiger partial charge < -0.3 is 10.2 Å². The Labute approximate surface area is 119 Å². The quantitative estimate of drug-likeness (QED) is 0.806. The summed E-state index contributed by atoms with van der Waals surface area (Å²) in [6.45, 7) is 14.5. The first kappa shape index (κ1) is 16.0. The van der Waals surface area contributed by atoms with Gasteiger partial charge in [0.2, 0.25) is 0 Å². The fourth-order valence-electron chi connectivity index (χ4n) is 2.35. The molecule has 0 aromatic heterocycles. The van der Waals surface area contributed by atoms with Crippen molar-refractivity contribution >= 4 is 5.69 Å². The van der Waals surface area contributed by atoms with Crippen LogP contribution in [0.15, 0.2) is 24.3 Å². The average Bonchev–Trinajstić information content (AvgIpc) is 2.27. The zero-order valence-electron chi connectivity index (χ0n) is 13.5. The SMILES string of the molecule is Cc1cccc(N(C)CC(C)(C)CNCC(C)C)c1. The molecule has 0 aliphatic heterocycles. The van der Waals surface area contributed by atoms with Crippen LogP contribution in [0.3, 0.4) is 0 Å². The molecule has 0 amide bonds. The number of aryl methyl sites for hydroxylation is 1. The lowest BCUT2D eigenvalue weighted by Crippen LogP contribution is -2.40. The van der Waals surface area contributed by atoms with Gasteiger partial charge in [0.1, 0.15) is 0 Å². The fourth-order valence-corrected chi connectivity index (χ4v) is 2.35. The Morgan fingerprint density at radius 1 is 1.26 bits per heavy atom. The van der Waals surface area contributed by atoms with Crippen molar-refractivity contribution < 1.29 is 0 Å². The van der Waals surface area contributed by atoms with Crippen LogP contribution in [0.25, 0.3) is 0 Å². The van der Waals surface area contributed by atoms with Gasteiger partial charge in [0.15, 0.2) is 0 Å². The minimum absolute atomic E-state index is 0.271. The van der Waals surface area contributed by atoms with Gasteiger partial charge in [-0.05, 0) is 42.5 Å². The molecule has 0 radical (unpaired) electrons. The van der Waals surface area contributed by atoms with Crippen molar-refractivity contribution in [1.82, 2.24) is 5.32 Å². The minimum Gasteiger partial charge on any atom is -0.374 e. The Morgan fingerprint density at radius 2 is 1.95 bits per heavy atom. The van der Waals surface area contributed by atoms with Crippen LogP contribution >= 0.6 is 0 Å². The first-order valence-electron chi connectivity index (χ1n) is 7.29. The first-order chi connectivity index (χ1) is 8.80. The van der Waals surface area contributed by atoms with E-state index in [1.807, 2.05) is 0 Å². The third-order valence-corrected chi connectivity index (χ3v) is 3.26. The van der Waals surface area contributed by atoms with Gasteiger partial charge in [-0.2, -0.15) is 0 Å². The molecule has 0 fully saturated rings. The highest BCUT2D eigenvalue weighted by Crippen LogP contribution is 2.21. The zero-order chi connectivity index (χ0) is 14.5. The highest BCUT2D eigenvalue weighted by atomic mass is 15.1. The van der Waals surface area contributed by atoms with Gasteiger partial charge in [-0.3, -0.25) is 0 Å². The Bertz CT molecular complexity index is 383.